The molecule has 1 heterocycles. The van der Waals surface area contributed by atoms with Crippen molar-refractivity contribution in [2.24, 2.45) is 0 Å². The second-order valence-corrected chi connectivity index (χ2v) is 6.67. The van der Waals surface area contributed by atoms with E-state index in [1.54, 1.807) is 11.1 Å². The Kier molecular flexibility index (Phi) is 4.54. The first-order valence-electron chi connectivity index (χ1n) is 7.68. The van der Waals surface area contributed by atoms with Crippen LogP contribution in [0.25, 0.3) is 0 Å². The van der Waals surface area contributed by atoms with Gasteiger partial charge < -0.3 is 5.32 Å². The van der Waals surface area contributed by atoms with Crippen LogP contribution < -0.4 is 5.32 Å². The van der Waals surface area contributed by atoms with Crippen LogP contribution >= 0.6 is 11.3 Å². The van der Waals surface area contributed by atoms with E-state index in [1.165, 1.54) is 42.5 Å². The van der Waals surface area contributed by atoms with E-state index in [-0.39, 0.29) is 0 Å². The number of rotatable bonds is 5. The maximum absolute atomic E-state index is 3.30. The van der Waals surface area contributed by atoms with E-state index >= 15 is 0 Å². The average Bonchev–Trinajstić information content (AvgIpc) is 3.02. The van der Waals surface area contributed by atoms with E-state index in [0.29, 0.717) is 5.92 Å². The highest BCUT2D eigenvalue weighted by molar-refractivity contribution is 7.10. The number of fused-ring (bicyclic) bond motifs is 1. The van der Waals surface area contributed by atoms with Gasteiger partial charge in [-0.15, -0.1) is 11.3 Å². The summed E-state index contributed by atoms with van der Waals surface area (Å²) in [5.41, 5.74) is 4.68. The van der Waals surface area contributed by atoms with Crippen molar-refractivity contribution in [3.05, 3.63) is 57.3 Å². The first-order chi connectivity index (χ1) is 9.88. The van der Waals surface area contributed by atoms with Crippen LogP contribution in [0.15, 0.2) is 35.7 Å². The van der Waals surface area contributed by atoms with Crippen molar-refractivity contribution in [2.75, 3.05) is 13.6 Å². The maximum Gasteiger partial charge on any atom is 0.0196 e. The Hall–Kier alpha value is -1.12. The van der Waals surface area contributed by atoms with Gasteiger partial charge in [0, 0.05) is 10.8 Å². The van der Waals surface area contributed by atoms with Gasteiger partial charge >= 0.3 is 0 Å². The zero-order valence-corrected chi connectivity index (χ0v) is 13.0. The number of aryl methyl sites for hydroxylation is 2. The van der Waals surface area contributed by atoms with Gasteiger partial charge in [-0.3, -0.25) is 0 Å². The highest BCUT2D eigenvalue weighted by Crippen LogP contribution is 2.33. The molecule has 20 heavy (non-hydrogen) atoms. The fraction of sp³-hybridized carbons (Fsp3) is 0.444. The molecule has 1 aromatic heterocycles. The average molecular weight is 285 g/mol. The quantitative estimate of drug-likeness (QED) is 0.860. The molecule has 0 spiro atoms. The smallest absolute Gasteiger partial charge is 0.0196 e. The number of benzene rings is 1. The van der Waals surface area contributed by atoms with Crippen LogP contribution in [0.4, 0.5) is 0 Å². The fourth-order valence-corrected chi connectivity index (χ4v) is 4.11. The molecule has 0 saturated carbocycles. The van der Waals surface area contributed by atoms with Crippen LogP contribution in [-0.4, -0.2) is 13.6 Å². The topological polar surface area (TPSA) is 12.0 Å². The van der Waals surface area contributed by atoms with E-state index < -0.39 is 0 Å². The van der Waals surface area contributed by atoms with Crippen LogP contribution in [0.5, 0.6) is 0 Å². The standard InChI is InChI=1S/C18H23NS/c1-19-11-10-17(18-7-4-12-20-18)16-9-8-14-5-2-3-6-15(14)13-16/h4,7-9,12-13,17,19H,2-3,5-6,10-11H2,1H3. The minimum absolute atomic E-state index is 0.551. The molecule has 1 aromatic carbocycles. The predicted molar refractivity (Wildman–Crippen MR) is 87.8 cm³/mol. The normalized spacial score (nSPS) is 15.8. The molecular formula is C18H23NS. The molecule has 3 rings (SSSR count). The van der Waals surface area contributed by atoms with Crippen LogP contribution in [0, 0.1) is 0 Å². The van der Waals surface area contributed by atoms with Crippen molar-refractivity contribution in [1.29, 1.82) is 0 Å². The summed E-state index contributed by atoms with van der Waals surface area (Å²) in [6.07, 6.45) is 6.44. The Balaban J connectivity index is 1.90. The fourth-order valence-electron chi connectivity index (χ4n) is 3.22. The summed E-state index contributed by atoms with van der Waals surface area (Å²) in [5.74, 6) is 0.551. The molecule has 1 unspecified atom stereocenters. The molecule has 1 atom stereocenters. The first kappa shape index (κ1) is 13.8. The molecule has 2 aromatic rings. The lowest BCUT2D eigenvalue weighted by Gasteiger charge is -2.21. The van der Waals surface area contributed by atoms with Gasteiger partial charge in [0.05, 0.1) is 0 Å². The molecular weight excluding hydrogens is 262 g/mol. The van der Waals surface area contributed by atoms with E-state index in [9.17, 15) is 0 Å². The van der Waals surface area contributed by atoms with E-state index in [4.69, 9.17) is 0 Å². The molecule has 1 aliphatic carbocycles. The number of hydrogen-bond donors (Lipinski definition) is 1. The summed E-state index contributed by atoms with van der Waals surface area (Å²) in [5, 5.41) is 5.49. The summed E-state index contributed by atoms with van der Waals surface area (Å²) in [4.78, 5) is 1.50. The minimum atomic E-state index is 0.551. The van der Waals surface area contributed by atoms with Gasteiger partial charge in [-0.05, 0) is 73.8 Å². The molecule has 1 aliphatic rings. The molecule has 106 valence electrons. The molecule has 1 N–H and O–H groups in total. The highest BCUT2D eigenvalue weighted by atomic mass is 32.1. The predicted octanol–water partition coefficient (Wildman–Crippen LogP) is 4.37. The first-order valence-corrected chi connectivity index (χ1v) is 8.56. The number of hydrogen-bond acceptors (Lipinski definition) is 2. The van der Waals surface area contributed by atoms with Crippen molar-refractivity contribution in [1.82, 2.24) is 5.32 Å². The molecule has 0 radical (unpaired) electrons. The summed E-state index contributed by atoms with van der Waals surface area (Å²) in [7, 11) is 2.04. The molecule has 0 amide bonds. The van der Waals surface area contributed by atoms with Gasteiger partial charge in [0.1, 0.15) is 0 Å². The van der Waals surface area contributed by atoms with Gasteiger partial charge in [0.2, 0.25) is 0 Å². The third-order valence-corrected chi connectivity index (χ3v) is 5.33. The van der Waals surface area contributed by atoms with Crippen LogP contribution in [0.2, 0.25) is 0 Å². The number of thiophene rings is 1. The van der Waals surface area contributed by atoms with Gasteiger partial charge in [0.15, 0.2) is 0 Å². The Labute approximate surface area is 126 Å². The summed E-state index contributed by atoms with van der Waals surface area (Å²) in [6.45, 7) is 1.07. The Morgan fingerprint density at radius 2 is 2.00 bits per heavy atom. The van der Waals surface area contributed by atoms with E-state index in [2.05, 4.69) is 41.0 Å². The second kappa shape index (κ2) is 6.55. The van der Waals surface area contributed by atoms with Crippen LogP contribution in [-0.2, 0) is 12.8 Å². The van der Waals surface area contributed by atoms with Gasteiger partial charge in [0.25, 0.3) is 0 Å². The summed E-state index contributed by atoms with van der Waals surface area (Å²) >= 11 is 1.89. The van der Waals surface area contributed by atoms with E-state index in [0.717, 1.165) is 6.54 Å². The second-order valence-electron chi connectivity index (χ2n) is 5.70. The Bertz CT molecular complexity index is 545. The highest BCUT2D eigenvalue weighted by Gasteiger charge is 2.17. The lowest BCUT2D eigenvalue weighted by atomic mass is 9.86. The van der Waals surface area contributed by atoms with Crippen molar-refractivity contribution in [3.63, 3.8) is 0 Å². The summed E-state index contributed by atoms with van der Waals surface area (Å²) < 4.78 is 0. The molecule has 0 aliphatic heterocycles. The third-order valence-electron chi connectivity index (χ3n) is 4.34. The van der Waals surface area contributed by atoms with Crippen LogP contribution in [0.1, 0.15) is 46.7 Å². The van der Waals surface area contributed by atoms with Crippen molar-refractivity contribution >= 4 is 11.3 Å². The Morgan fingerprint density at radius 3 is 2.75 bits per heavy atom. The van der Waals surface area contributed by atoms with Crippen molar-refractivity contribution in [3.8, 4) is 0 Å². The lowest BCUT2D eigenvalue weighted by molar-refractivity contribution is 0.659. The van der Waals surface area contributed by atoms with Gasteiger partial charge in [-0.25, -0.2) is 0 Å². The minimum Gasteiger partial charge on any atom is -0.320 e. The zero-order chi connectivity index (χ0) is 13.8. The van der Waals surface area contributed by atoms with Crippen LogP contribution in [0.3, 0.4) is 0 Å². The van der Waals surface area contributed by atoms with Crippen molar-refractivity contribution < 1.29 is 0 Å². The number of nitrogens with one attached hydrogen (secondary N) is 1. The molecule has 1 nitrogen and oxygen atoms in total. The summed E-state index contributed by atoms with van der Waals surface area (Å²) in [6, 6.07) is 11.7. The zero-order valence-electron chi connectivity index (χ0n) is 12.2. The molecule has 0 fully saturated rings. The van der Waals surface area contributed by atoms with Crippen molar-refractivity contribution in [2.45, 2.75) is 38.0 Å². The lowest BCUT2D eigenvalue weighted by Crippen LogP contribution is -2.13. The van der Waals surface area contributed by atoms with Gasteiger partial charge in [-0.2, -0.15) is 0 Å². The van der Waals surface area contributed by atoms with Gasteiger partial charge in [-0.1, -0.05) is 24.3 Å². The maximum atomic E-state index is 3.30. The van der Waals surface area contributed by atoms with E-state index in [1.807, 2.05) is 18.4 Å². The monoisotopic (exact) mass is 285 g/mol. The molecule has 0 saturated heterocycles. The SMILES string of the molecule is CNCCC(c1ccc2c(c1)CCCC2)c1cccs1. The molecule has 0 bridgehead atoms. The largest absolute Gasteiger partial charge is 0.320 e. The third kappa shape index (κ3) is 2.97. The Morgan fingerprint density at radius 1 is 1.15 bits per heavy atom. The molecule has 2 heteroatoms.